The first-order valence-electron chi connectivity index (χ1n) is 8.44. The maximum absolute atomic E-state index is 4.52. The van der Waals surface area contributed by atoms with E-state index in [9.17, 15) is 0 Å². The molecule has 0 saturated heterocycles. The number of hydrogen-bond acceptors (Lipinski definition) is 2. The number of nitrogens with one attached hydrogen (secondary N) is 1. The van der Waals surface area contributed by atoms with E-state index in [1.807, 2.05) is 6.20 Å². The predicted molar refractivity (Wildman–Crippen MR) is 84.9 cm³/mol. The van der Waals surface area contributed by atoms with Crippen LogP contribution in [0.1, 0.15) is 64.5 Å². The Balaban J connectivity index is 2.00. The van der Waals surface area contributed by atoms with Gasteiger partial charge in [-0.15, -0.1) is 0 Å². The van der Waals surface area contributed by atoms with Crippen molar-refractivity contribution in [2.24, 2.45) is 11.8 Å². The van der Waals surface area contributed by atoms with Crippen molar-refractivity contribution in [2.75, 3.05) is 13.1 Å². The Morgan fingerprint density at radius 3 is 2.90 bits per heavy atom. The summed E-state index contributed by atoms with van der Waals surface area (Å²) in [6.45, 7) is 10.2. The van der Waals surface area contributed by atoms with Crippen molar-refractivity contribution in [3.05, 3.63) is 18.0 Å². The highest BCUT2D eigenvalue weighted by molar-refractivity contribution is 5.11. The van der Waals surface area contributed by atoms with Crippen LogP contribution in [-0.4, -0.2) is 22.9 Å². The average molecular weight is 277 g/mol. The zero-order valence-electron chi connectivity index (χ0n) is 13.4. The highest BCUT2D eigenvalue weighted by Gasteiger charge is 2.28. The summed E-state index contributed by atoms with van der Waals surface area (Å²) in [7, 11) is 0. The lowest BCUT2D eigenvalue weighted by Crippen LogP contribution is -2.32. The minimum atomic E-state index is 0.706. The van der Waals surface area contributed by atoms with E-state index in [0.717, 1.165) is 31.3 Å². The van der Waals surface area contributed by atoms with Gasteiger partial charge in [-0.3, -0.25) is 4.68 Å². The van der Waals surface area contributed by atoms with Crippen LogP contribution in [0.15, 0.2) is 12.3 Å². The Bertz CT molecular complexity index is 383. The minimum absolute atomic E-state index is 0.706. The largest absolute Gasteiger partial charge is 0.316 e. The number of hydrogen-bond donors (Lipinski definition) is 1. The van der Waals surface area contributed by atoms with Gasteiger partial charge in [-0.25, -0.2) is 0 Å². The molecule has 20 heavy (non-hydrogen) atoms. The van der Waals surface area contributed by atoms with Gasteiger partial charge in [-0.05, 0) is 50.3 Å². The topological polar surface area (TPSA) is 29.9 Å². The highest BCUT2D eigenvalue weighted by Crippen LogP contribution is 2.37. The summed E-state index contributed by atoms with van der Waals surface area (Å²) in [5.74, 6) is 2.23. The number of aryl methyl sites for hydroxylation is 1. The summed E-state index contributed by atoms with van der Waals surface area (Å²) in [5.41, 5.74) is 1.47. The van der Waals surface area contributed by atoms with Crippen molar-refractivity contribution in [3.63, 3.8) is 0 Å². The second-order valence-electron chi connectivity index (χ2n) is 6.68. The molecular weight excluding hydrogens is 246 g/mol. The molecule has 2 unspecified atom stereocenters. The van der Waals surface area contributed by atoms with Gasteiger partial charge in [0, 0.05) is 24.4 Å². The zero-order valence-corrected chi connectivity index (χ0v) is 13.4. The third-order valence-corrected chi connectivity index (χ3v) is 4.43. The highest BCUT2D eigenvalue weighted by atomic mass is 15.3. The molecule has 114 valence electrons. The minimum Gasteiger partial charge on any atom is -0.316 e. The molecule has 3 nitrogen and oxygen atoms in total. The van der Waals surface area contributed by atoms with Crippen LogP contribution in [0.3, 0.4) is 0 Å². The third-order valence-electron chi connectivity index (χ3n) is 4.43. The molecule has 0 spiro atoms. The first kappa shape index (κ1) is 15.6. The number of nitrogens with zero attached hydrogens (tertiary/aromatic N) is 2. The summed E-state index contributed by atoms with van der Waals surface area (Å²) in [6, 6.07) is 2.25. The van der Waals surface area contributed by atoms with Crippen LogP contribution in [-0.2, 0) is 6.54 Å². The van der Waals surface area contributed by atoms with Crippen molar-refractivity contribution < 1.29 is 0 Å². The number of aromatic nitrogens is 2. The van der Waals surface area contributed by atoms with E-state index in [2.05, 4.69) is 41.9 Å². The van der Waals surface area contributed by atoms with Crippen molar-refractivity contribution >= 4 is 0 Å². The van der Waals surface area contributed by atoms with Gasteiger partial charge < -0.3 is 5.32 Å². The lowest BCUT2D eigenvalue weighted by atomic mass is 9.77. The first-order chi connectivity index (χ1) is 9.72. The fourth-order valence-corrected chi connectivity index (χ4v) is 3.46. The van der Waals surface area contributed by atoms with E-state index in [-0.39, 0.29) is 0 Å². The molecule has 3 heteroatoms. The molecule has 1 aliphatic carbocycles. The normalized spacial score (nSPS) is 23.4. The second-order valence-corrected chi connectivity index (χ2v) is 6.68. The molecule has 1 heterocycles. The summed E-state index contributed by atoms with van der Waals surface area (Å²) in [5, 5.41) is 8.19. The lowest BCUT2D eigenvalue weighted by molar-refractivity contribution is 0.280. The van der Waals surface area contributed by atoms with Gasteiger partial charge in [0.05, 0.1) is 0 Å². The standard InChI is InChI=1S/C17H31N3/c1-4-11-20-17(9-10-19-20)16-8-6-5-7-15(16)13-18-12-14(2)3/h9-10,14-16,18H,4-8,11-13H2,1-3H3. The molecule has 1 aromatic rings. The molecule has 0 amide bonds. The summed E-state index contributed by atoms with van der Waals surface area (Å²) < 4.78 is 2.24. The molecule has 1 saturated carbocycles. The zero-order chi connectivity index (χ0) is 14.4. The van der Waals surface area contributed by atoms with Gasteiger partial charge in [0.2, 0.25) is 0 Å². The maximum atomic E-state index is 4.52. The van der Waals surface area contributed by atoms with E-state index in [0.29, 0.717) is 5.92 Å². The van der Waals surface area contributed by atoms with Crippen LogP contribution in [0.5, 0.6) is 0 Å². The molecule has 0 aromatic carbocycles. The van der Waals surface area contributed by atoms with Crippen LogP contribution in [0, 0.1) is 11.8 Å². The third kappa shape index (κ3) is 4.08. The van der Waals surface area contributed by atoms with Gasteiger partial charge in [0.25, 0.3) is 0 Å². The Hall–Kier alpha value is -0.830. The average Bonchev–Trinajstić information content (AvgIpc) is 2.87. The molecule has 1 aromatic heterocycles. The quantitative estimate of drug-likeness (QED) is 0.821. The summed E-state index contributed by atoms with van der Waals surface area (Å²) in [4.78, 5) is 0. The van der Waals surface area contributed by atoms with Crippen molar-refractivity contribution in [2.45, 2.75) is 65.3 Å². The van der Waals surface area contributed by atoms with E-state index < -0.39 is 0 Å². The molecule has 1 N–H and O–H groups in total. The Kier molecular flexibility index (Phi) is 6.08. The van der Waals surface area contributed by atoms with Gasteiger partial charge in [-0.2, -0.15) is 5.10 Å². The molecule has 0 aliphatic heterocycles. The van der Waals surface area contributed by atoms with Gasteiger partial charge in [0.15, 0.2) is 0 Å². The Morgan fingerprint density at radius 2 is 2.15 bits per heavy atom. The summed E-state index contributed by atoms with van der Waals surface area (Å²) in [6.07, 6.45) is 8.63. The van der Waals surface area contributed by atoms with Crippen LogP contribution in [0.25, 0.3) is 0 Å². The van der Waals surface area contributed by atoms with E-state index >= 15 is 0 Å². The van der Waals surface area contributed by atoms with E-state index in [4.69, 9.17) is 0 Å². The fraction of sp³-hybridized carbons (Fsp3) is 0.824. The molecular formula is C17H31N3. The van der Waals surface area contributed by atoms with Crippen molar-refractivity contribution in [1.82, 2.24) is 15.1 Å². The molecule has 2 atom stereocenters. The smallest absolute Gasteiger partial charge is 0.0492 e. The predicted octanol–water partition coefficient (Wildman–Crippen LogP) is 3.81. The lowest BCUT2D eigenvalue weighted by Gasteiger charge is -2.32. The van der Waals surface area contributed by atoms with Gasteiger partial charge >= 0.3 is 0 Å². The second kappa shape index (κ2) is 7.82. The van der Waals surface area contributed by atoms with Crippen molar-refractivity contribution in [3.8, 4) is 0 Å². The van der Waals surface area contributed by atoms with Crippen LogP contribution in [0.4, 0.5) is 0 Å². The van der Waals surface area contributed by atoms with Crippen molar-refractivity contribution in [1.29, 1.82) is 0 Å². The Labute approximate surface area is 124 Å². The van der Waals surface area contributed by atoms with Gasteiger partial charge in [0.1, 0.15) is 0 Å². The molecule has 0 radical (unpaired) electrons. The van der Waals surface area contributed by atoms with E-state index in [1.54, 1.807) is 0 Å². The molecule has 1 fully saturated rings. The van der Waals surface area contributed by atoms with Crippen LogP contribution >= 0.6 is 0 Å². The Morgan fingerprint density at radius 1 is 1.35 bits per heavy atom. The fourth-order valence-electron chi connectivity index (χ4n) is 3.46. The number of rotatable bonds is 7. The molecule has 1 aliphatic rings. The summed E-state index contributed by atoms with van der Waals surface area (Å²) >= 11 is 0. The monoisotopic (exact) mass is 277 g/mol. The molecule has 0 bridgehead atoms. The van der Waals surface area contributed by atoms with Gasteiger partial charge in [-0.1, -0.05) is 33.6 Å². The van der Waals surface area contributed by atoms with E-state index in [1.165, 1.54) is 37.9 Å². The van der Waals surface area contributed by atoms with Crippen LogP contribution < -0.4 is 5.32 Å². The SMILES string of the molecule is CCCn1nccc1C1CCCCC1CNCC(C)C. The van der Waals surface area contributed by atoms with Crippen LogP contribution in [0.2, 0.25) is 0 Å². The molecule has 2 rings (SSSR count). The maximum Gasteiger partial charge on any atom is 0.0492 e. The first-order valence-corrected chi connectivity index (χ1v) is 8.44.